The van der Waals surface area contributed by atoms with E-state index >= 15 is 0 Å². The summed E-state index contributed by atoms with van der Waals surface area (Å²) in [6.45, 7) is 5.48. The molecule has 3 aromatic carbocycles. The molecule has 0 radical (unpaired) electrons. The highest BCUT2D eigenvalue weighted by Gasteiger charge is 2.14. The van der Waals surface area contributed by atoms with Crippen LogP contribution in [0.15, 0.2) is 60.7 Å². The number of carbonyl (C=O) groups excluding carboxylic acids is 1. The van der Waals surface area contributed by atoms with E-state index in [-0.39, 0.29) is 5.78 Å². The molecule has 0 aromatic heterocycles. The van der Waals surface area contributed by atoms with E-state index in [9.17, 15) is 4.79 Å². The maximum atomic E-state index is 12.7. The minimum Gasteiger partial charge on any atom is -0.496 e. The largest absolute Gasteiger partial charge is 0.496 e. The Hall–Kier alpha value is -3.73. The predicted octanol–water partition coefficient (Wildman–Crippen LogP) is 5.56. The van der Waals surface area contributed by atoms with E-state index in [0.29, 0.717) is 36.9 Å². The van der Waals surface area contributed by atoms with Crippen LogP contribution in [-0.4, -0.2) is 26.1 Å². The molecule has 0 atom stereocenters. The molecular weight excluding hydrogens is 404 g/mol. The smallest absolute Gasteiger partial charge is 0.185 e. The molecule has 0 spiro atoms. The summed E-state index contributed by atoms with van der Waals surface area (Å²) in [5, 5.41) is 0. The van der Waals surface area contributed by atoms with Gasteiger partial charge in [-0.3, -0.25) is 4.79 Å². The number of fused-ring (bicyclic) bond motifs is 1. The number of hydrogen-bond acceptors (Lipinski definition) is 5. The first kappa shape index (κ1) is 21.5. The van der Waals surface area contributed by atoms with Crippen molar-refractivity contribution in [2.45, 2.75) is 20.5 Å². The fraction of sp³-hybridized carbons (Fsp3) is 0.222. The fourth-order valence-corrected chi connectivity index (χ4v) is 3.52. The van der Waals surface area contributed by atoms with E-state index in [1.807, 2.05) is 37.3 Å². The summed E-state index contributed by atoms with van der Waals surface area (Å²) in [5.41, 5.74) is 4.65. The minimum absolute atomic E-state index is 0.106. The Morgan fingerprint density at radius 3 is 2.59 bits per heavy atom. The van der Waals surface area contributed by atoms with E-state index < -0.39 is 0 Å². The summed E-state index contributed by atoms with van der Waals surface area (Å²) in [6.07, 6.45) is 3.35. The van der Waals surface area contributed by atoms with Gasteiger partial charge in [-0.1, -0.05) is 24.3 Å². The molecule has 0 saturated heterocycles. The second kappa shape index (κ2) is 9.60. The number of ketones is 1. The first-order valence-corrected chi connectivity index (χ1v) is 10.5. The molecule has 0 aliphatic carbocycles. The van der Waals surface area contributed by atoms with E-state index in [0.717, 1.165) is 28.2 Å². The lowest BCUT2D eigenvalue weighted by Gasteiger charge is -2.18. The van der Waals surface area contributed by atoms with Crippen molar-refractivity contribution in [3.8, 4) is 23.0 Å². The van der Waals surface area contributed by atoms with Gasteiger partial charge in [0, 0.05) is 11.1 Å². The number of aryl methyl sites for hydroxylation is 1. The van der Waals surface area contributed by atoms with Crippen molar-refractivity contribution in [2.24, 2.45) is 0 Å². The molecule has 1 aliphatic rings. The van der Waals surface area contributed by atoms with Gasteiger partial charge in [0.25, 0.3) is 0 Å². The van der Waals surface area contributed by atoms with Gasteiger partial charge in [0.15, 0.2) is 17.3 Å². The average Bonchev–Trinajstić information content (AvgIpc) is 2.83. The lowest BCUT2D eigenvalue weighted by atomic mass is 10.1. The van der Waals surface area contributed by atoms with Crippen LogP contribution in [0.5, 0.6) is 23.0 Å². The Morgan fingerprint density at radius 1 is 0.969 bits per heavy atom. The van der Waals surface area contributed by atoms with Crippen molar-refractivity contribution in [1.82, 2.24) is 0 Å². The Balaban J connectivity index is 1.49. The first-order chi connectivity index (χ1) is 15.5. The zero-order chi connectivity index (χ0) is 22.5. The highest BCUT2D eigenvalue weighted by Crippen LogP contribution is 2.31. The van der Waals surface area contributed by atoms with Crippen molar-refractivity contribution in [3.63, 3.8) is 0 Å². The highest BCUT2D eigenvalue weighted by atomic mass is 16.6. The first-order valence-electron chi connectivity index (χ1n) is 10.5. The number of hydrogen-bond donors (Lipinski definition) is 0. The van der Waals surface area contributed by atoms with Gasteiger partial charge in [-0.2, -0.15) is 0 Å². The van der Waals surface area contributed by atoms with Gasteiger partial charge < -0.3 is 18.9 Å². The summed E-state index contributed by atoms with van der Waals surface area (Å²) in [7, 11) is 1.64. The topological polar surface area (TPSA) is 54.0 Å². The monoisotopic (exact) mass is 430 g/mol. The second-order valence-electron chi connectivity index (χ2n) is 7.61. The van der Waals surface area contributed by atoms with Crippen LogP contribution >= 0.6 is 0 Å². The number of allylic oxidation sites excluding steroid dienone is 1. The predicted molar refractivity (Wildman–Crippen MR) is 124 cm³/mol. The molecule has 1 aliphatic heterocycles. The summed E-state index contributed by atoms with van der Waals surface area (Å²) in [4.78, 5) is 12.7. The maximum Gasteiger partial charge on any atom is 0.185 e. The molecular formula is C27H26O5. The minimum atomic E-state index is -0.106. The number of ether oxygens (including phenoxy) is 4. The molecule has 5 heteroatoms. The summed E-state index contributed by atoms with van der Waals surface area (Å²) in [6, 6.07) is 17.0. The molecule has 0 bridgehead atoms. The van der Waals surface area contributed by atoms with Crippen LogP contribution in [0.1, 0.15) is 32.6 Å². The molecule has 5 nitrogen and oxygen atoms in total. The molecule has 0 N–H and O–H groups in total. The quantitative estimate of drug-likeness (QED) is 0.363. The molecule has 164 valence electrons. The van der Waals surface area contributed by atoms with Gasteiger partial charge in [0.1, 0.15) is 31.3 Å². The van der Waals surface area contributed by atoms with Crippen molar-refractivity contribution in [2.75, 3.05) is 20.3 Å². The van der Waals surface area contributed by atoms with Crippen LogP contribution in [0.2, 0.25) is 0 Å². The Bertz CT molecular complexity index is 1160. The maximum absolute atomic E-state index is 12.7. The number of methoxy groups -OCH3 is 1. The summed E-state index contributed by atoms with van der Waals surface area (Å²) < 4.78 is 22.6. The third-order valence-corrected chi connectivity index (χ3v) is 5.50. The lowest BCUT2D eigenvalue weighted by Crippen LogP contribution is -2.15. The van der Waals surface area contributed by atoms with Crippen LogP contribution in [0, 0.1) is 13.8 Å². The van der Waals surface area contributed by atoms with Crippen LogP contribution < -0.4 is 18.9 Å². The fourth-order valence-electron chi connectivity index (χ4n) is 3.52. The number of carbonyl (C=O) groups is 1. The second-order valence-corrected chi connectivity index (χ2v) is 7.61. The van der Waals surface area contributed by atoms with Gasteiger partial charge >= 0.3 is 0 Å². The van der Waals surface area contributed by atoms with Gasteiger partial charge in [0.2, 0.25) is 0 Å². The van der Waals surface area contributed by atoms with Gasteiger partial charge in [-0.25, -0.2) is 0 Å². The number of rotatable bonds is 7. The van der Waals surface area contributed by atoms with E-state index in [2.05, 4.69) is 13.0 Å². The van der Waals surface area contributed by atoms with Crippen LogP contribution in [0.4, 0.5) is 0 Å². The lowest BCUT2D eigenvalue weighted by molar-refractivity contribution is 0.104. The van der Waals surface area contributed by atoms with E-state index in [1.54, 1.807) is 37.5 Å². The van der Waals surface area contributed by atoms with Crippen LogP contribution in [-0.2, 0) is 6.61 Å². The molecule has 32 heavy (non-hydrogen) atoms. The number of benzene rings is 3. The zero-order valence-corrected chi connectivity index (χ0v) is 18.5. The summed E-state index contributed by atoms with van der Waals surface area (Å²) >= 11 is 0. The molecule has 0 unspecified atom stereocenters. The van der Waals surface area contributed by atoms with Crippen LogP contribution in [0.25, 0.3) is 6.08 Å². The summed E-state index contributed by atoms with van der Waals surface area (Å²) in [5.74, 6) is 2.75. The van der Waals surface area contributed by atoms with Crippen molar-refractivity contribution in [1.29, 1.82) is 0 Å². The van der Waals surface area contributed by atoms with Crippen molar-refractivity contribution in [3.05, 3.63) is 88.5 Å². The van der Waals surface area contributed by atoms with Gasteiger partial charge in [-0.15, -0.1) is 0 Å². The van der Waals surface area contributed by atoms with Crippen molar-refractivity contribution >= 4 is 11.9 Å². The van der Waals surface area contributed by atoms with Crippen LogP contribution in [0.3, 0.4) is 0 Å². The molecule has 1 heterocycles. The molecule has 0 amide bonds. The Labute approximate surface area is 188 Å². The van der Waals surface area contributed by atoms with Gasteiger partial charge in [0.05, 0.1) is 7.11 Å². The third-order valence-electron chi connectivity index (χ3n) is 5.50. The Morgan fingerprint density at radius 2 is 1.78 bits per heavy atom. The normalized spacial score (nSPS) is 12.6. The van der Waals surface area contributed by atoms with Crippen molar-refractivity contribution < 1.29 is 23.7 Å². The van der Waals surface area contributed by atoms with E-state index in [4.69, 9.17) is 18.9 Å². The zero-order valence-electron chi connectivity index (χ0n) is 18.5. The van der Waals surface area contributed by atoms with Gasteiger partial charge in [-0.05, 0) is 73.0 Å². The molecule has 3 aromatic rings. The third kappa shape index (κ3) is 4.78. The Kier molecular flexibility index (Phi) is 6.45. The molecule has 0 fully saturated rings. The average molecular weight is 431 g/mol. The van der Waals surface area contributed by atoms with E-state index in [1.165, 1.54) is 5.56 Å². The molecule has 4 rings (SSSR count). The molecule has 0 saturated carbocycles. The standard InChI is InChI=1S/C27H26O5/c1-18-5-4-6-24(19(18)2)32-17-22-15-20(8-11-25(22)29-3)7-10-23(28)21-9-12-26-27(16-21)31-14-13-30-26/h4-12,15-16H,13-14,17H2,1-3H3/b10-7+. The highest BCUT2D eigenvalue weighted by molar-refractivity contribution is 6.07. The SMILES string of the molecule is COc1ccc(/C=C/C(=O)c2ccc3c(c2)OCCO3)cc1COc1cccc(C)c1C.